The molecule has 235 valence electrons. The van der Waals surface area contributed by atoms with Crippen LogP contribution in [-0.2, 0) is 19.2 Å². The average molecular weight is 767 g/mol. The van der Waals surface area contributed by atoms with Gasteiger partial charge in [-0.2, -0.15) is 0 Å². The molecule has 2 aromatic carbocycles. The van der Waals surface area contributed by atoms with E-state index in [1.54, 1.807) is 38.2 Å². The molecule has 0 bridgehead atoms. The van der Waals surface area contributed by atoms with Crippen LogP contribution >= 0.6 is 11.3 Å². The van der Waals surface area contributed by atoms with Gasteiger partial charge in [-0.05, 0) is 36.4 Å². The number of aliphatic carboxylic acids is 3. The summed E-state index contributed by atoms with van der Waals surface area (Å²) in [5.74, 6) is -4.10. The molecule has 1 radical (unpaired) electrons. The van der Waals surface area contributed by atoms with E-state index < -0.39 is 17.9 Å². The topological polar surface area (TPSA) is 175 Å². The van der Waals surface area contributed by atoms with Crippen LogP contribution in [0, 0.1) is 39.9 Å². The third kappa shape index (κ3) is 11.7. The first-order chi connectivity index (χ1) is 20.6. The van der Waals surface area contributed by atoms with Crippen molar-refractivity contribution >= 4 is 51.1 Å². The first-order valence-electron chi connectivity index (χ1n) is 13.9. The summed E-state index contributed by atoms with van der Waals surface area (Å²) in [6.07, 6.45) is 0. The van der Waals surface area contributed by atoms with Crippen molar-refractivity contribution in [2.45, 2.75) is 0 Å². The van der Waals surface area contributed by atoms with Crippen molar-refractivity contribution in [3.63, 3.8) is 0 Å². The molecule has 1 N–H and O–H groups in total. The van der Waals surface area contributed by atoms with E-state index in [2.05, 4.69) is 10.3 Å². The molecule has 15 heteroatoms. The van der Waals surface area contributed by atoms with Crippen molar-refractivity contribution in [3.05, 3.63) is 48.5 Å². The van der Waals surface area contributed by atoms with Gasteiger partial charge in [0.05, 0.1) is 34.7 Å². The molecule has 0 saturated carbocycles. The monoisotopic (exact) mass is 767 g/mol. The Bertz CT molecular complexity index is 1360. The summed E-state index contributed by atoms with van der Waals surface area (Å²) in [4.78, 5) is 58.3. The number of anilines is 1. The van der Waals surface area contributed by atoms with E-state index in [9.17, 15) is 34.5 Å². The van der Waals surface area contributed by atoms with Crippen molar-refractivity contribution < 1.29 is 74.4 Å². The molecule has 0 aliphatic carbocycles. The molecule has 44 heavy (non-hydrogen) atoms. The van der Waals surface area contributed by atoms with Crippen molar-refractivity contribution in [1.29, 1.82) is 0 Å². The van der Waals surface area contributed by atoms with Gasteiger partial charge in [0.15, 0.2) is 0 Å². The smallest absolute Gasteiger partial charge is 0.549 e. The van der Waals surface area contributed by atoms with Gasteiger partial charge < -0.3 is 35.0 Å². The number of benzene rings is 2. The van der Waals surface area contributed by atoms with Gasteiger partial charge in [0.2, 0.25) is 5.91 Å². The Morgan fingerprint density at radius 3 is 1.52 bits per heavy atom. The number of carbonyl (C=O) groups is 4. The maximum atomic E-state index is 13.0. The number of nitrogens with one attached hydrogen (secondary N) is 1. The molecule has 1 aliphatic heterocycles. The third-order valence-corrected chi connectivity index (χ3v) is 8.15. The molecule has 2 heterocycles. The number of carboxylic acids is 3. The van der Waals surface area contributed by atoms with Crippen LogP contribution in [0.5, 0.6) is 0 Å². The van der Waals surface area contributed by atoms with Crippen molar-refractivity contribution in [2.24, 2.45) is 0 Å². The standard InChI is InChI=1S/C29H36N6O7S.Gd/c36-25(30-22-7-5-21(6-8-22)29-31-23-3-1-2-4-24(23)43-29)17-32-9-11-33(18-26(37)38)13-15-35(20-28(41)42)16-14-34(12-10-32)19-27(39)40;/h1-8H,9-20H2,(H,30,36)(H,37,38)(H,39,40)(H,41,42);/q;+3/p-3. The first-order valence-corrected chi connectivity index (χ1v) is 14.7. The zero-order valence-electron chi connectivity index (χ0n) is 24.0. The molecule has 3 aromatic rings. The largest absolute Gasteiger partial charge is 3.00 e. The minimum absolute atomic E-state index is 0. The van der Waals surface area contributed by atoms with Gasteiger partial charge in [0, 0.05) is 83.2 Å². The number of nitrogens with zero attached hydrogens (tertiary/aromatic N) is 5. The number of hydrogen-bond acceptors (Lipinski definition) is 13. The zero-order valence-corrected chi connectivity index (χ0v) is 27.0. The van der Waals surface area contributed by atoms with Crippen molar-refractivity contribution in [2.75, 3.05) is 83.9 Å². The van der Waals surface area contributed by atoms with E-state index in [1.807, 2.05) is 41.3 Å². The summed E-state index contributed by atoms with van der Waals surface area (Å²) in [5.41, 5.74) is 2.47. The first kappa shape index (κ1) is 35.8. The quantitative estimate of drug-likeness (QED) is 0.228. The van der Waals surface area contributed by atoms with Crippen LogP contribution in [0.2, 0.25) is 0 Å². The number of carboxylic acid groups (broad SMARTS) is 3. The fourth-order valence-corrected chi connectivity index (χ4v) is 5.83. The van der Waals surface area contributed by atoms with E-state index in [4.69, 9.17) is 0 Å². The van der Waals surface area contributed by atoms with E-state index in [1.165, 1.54) is 0 Å². The second-order valence-electron chi connectivity index (χ2n) is 10.3. The van der Waals surface area contributed by atoms with Gasteiger partial charge in [-0.15, -0.1) is 11.3 Å². The summed E-state index contributed by atoms with van der Waals surface area (Å²) in [6.45, 7) is 1.05. The van der Waals surface area contributed by atoms with Crippen molar-refractivity contribution in [3.8, 4) is 10.6 Å². The zero-order chi connectivity index (χ0) is 30.8. The Hall–Kier alpha value is -2.63. The van der Waals surface area contributed by atoms with Gasteiger partial charge >= 0.3 is 39.9 Å². The number of carbonyl (C=O) groups excluding carboxylic acids is 4. The predicted molar refractivity (Wildman–Crippen MR) is 154 cm³/mol. The normalized spacial score (nSPS) is 16.4. The van der Waals surface area contributed by atoms with Crippen LogP contribution in [0.15, 0.2) is 48.5 Å². The molecule has 1 fully saturated rings. The fourth-order valence-electron chi connectivity index (χ4n) is 4.85. The molecule has 4 rings (SSSR count). The minimum atomic E-state index is -1.28. The Labute approximate surface area is 291 Å². The minimum Gasteiger partial charge on any atom is -0.549 e. The maximum absolute atomic E-state index is 13.0. The van der Waals surface area contributed by atoms with Crippen molar-refractivity contribution in [1.82, 2.24) is 24.6 Å². The summed E-state index contributed by atoms with van der Waals surface area (Å²) < 4.78 is 1.09. The maximum Gasteiger partial charge on any atom is 3.00 e. The Morgan fingerprint density at radius 1 is 0.659 bits per heavy atom. The number of rotatable bonds is 10. The Kier molecular flexibility index (Phi) is 14.5. The number of para-hydroxylation sites is 1. The van der Waals surface area contributed by atoms with Gasteiger partial charge in [0.25, 0.3) is 0 Å². The fraction of sp³-hybridized carbons (Fsp3) is 0.414. The SMILES string of the molecule is O=C([O-])CN1CCN(CC(=O)[O-])CCN(CC(=O)Nc2ccc(-c3nc4ccccc4s3)cc2)CCN(CC(=O)[O-])CC1.[Gd+3]. The molecule has 0 unspecified atom stereocenters. The molecule has 0 atom stereocenters. The van der Waals surface area contributed by atoms with Crippen LogP contribution in [0.3, 0.4) is 0 Å². The van der Waals surface area contributed by atoms with Gasteiger partial charge in [-0.25, -0.2) is 4.98 Å². The molecular formula is C29H33GdN6O7S. The van der Waals surface area contributed by atoms with Crippen LogP contribution in [0.4, 0.5) is 5.69 Å². The molecule has 1 aliphatic rings. The number of thiazole rings is 1. The van der Waals surface area contributed by atoms with Crippen LogP contribution < -0.4 is 20.6 Å². The predicted octanol–water partition coefficient (Wildman–Crippen LogP) is -2.63. The summed E-state index contributed by atoms with van der Waals surface area (Å²) in [5, 5.41) is 37.7. The second kappa shape index (κ2) is 17.8. The summed E-state index contributed by atoms with van der Waals surface area (Å²) in [6, 6.07) is 15.3. The number of aromatic nitrogens is 1. The summed E-state index contributed by atoms with van der Waals surface area (Å²) in [7, 11) is 0. The van der Waals surface area contributed by atoms with Gasteiger partial charge in [0.1, 0.15) is 5.01 Å². The summed E-state index contributed by atoms with van der Waals surface area (Å²) >= 11 is 1.59. The van der Waals surface area contributed by atoms with Gasteiger partial charge in [-0.3, -0.25) is 24.4 Å². The Morgan fingerprint density at radius 2 is 1.09 bits per heavy atom. The molecule has 1 amide bonds. The van der Waals surface area contributed by atoms with E-state index in [0.29, 0.717) is 18.8 Å². The average Bonchev–Trinajstić information content (AvgIpc) is 3.38. The molecule has 1 saturated heterocycles. The van der Waals surface area contributed by atoms with E-state index in [-0.39, 0.29) is 111 Å². The second-order valence-corrected chi connectivity index (χ2v) is 11.4. The Balaban J connectivity index is 0.00000529. The molecule has 1 aromatic heterocycles. The number of fused-ring (bicyclic) bond motifs is 1. The van der Waals surface area contributed by atoms with E-state index >= 15 is 0 Å². The van der Waals surface area contributed by atoms with Crippen LogP contribution in [-0.4, -0.2) is 127 Å². The number of hydrogen-bond donors (Lipinski definition) is 1. The number of amides is 1. The molecule has 0 spiro atoms. The van der Waals surface area contributed by atoms with E-state index in [0.717, 1.165) is 20.8 Å². The molecule has 13 nitrogen and oxygen atoms in total. The van der Waals surface area contributed by atoms with Crippen LogP contribution in [0.1, 0.15) is 0 Å². The molecular weight excluding hydrogens is 734 g/mol. The van der Waals surface area contributed by atoms with Crippen LogP contribution in [0.25, 0.3) is 20.8 Å². The third-order valence-electron chi connectivity index (χ3n) is 7.06. The van der Waals surface area contributed by atoms with Gasteiger partial charge in [-0.1, -0.05) is 12.1 Å².